The first-order chi connectivity index (χ1) is 24.3. The van der Waals surface area contributed by atoms with E-state index in [2.05, 4.69) is 16.0 Å². The van der Waals surface area contributed by atoms with E-state index in [-0.39, 0.29) is 32.3 Å². The van der Waals surface area contributed by atoms with E-state index in [0.717, 1.165) is 11.1 Å². The second kappa shape index (κ2) is 17.6. The maximum atomic E-state index is 14.2. The van der Waals surface area contributed by atoms with Crippen molar-refractivity contribution in [2.75, 3.05) is 0 Å². The zero-order valence-electron chi connectivity index (χ0n) is 28.8. The molecule has 0 saturated carbocycles. The first-order valence-corrected chi connectivity index (χ1v) is 16.5. The molecule has 3 atom stereocenters. The predicted molar refractivity (Wildman–Crippen MR) is 190 cm³/mol. The molecular formula is C38H43N5O8. The topological polar surface area (TPSA) is 188 Å². The molecule has 1 heterocycles. The molecule has 4 aromatic rings. The number of carbonyl (C=O) groups excluding carboxylic acids is 6. The van der Waals surface area contributed by atoms with Gasteiger partial charge < -0.3 is 31.2 Å². The lowest BCUT2D eigenvalue weighted by Gasteiger charge is -2.26. The summed E-state index contributed by atoms with van der Waals surface area (Å²) in [5, 5.41) is 8.59. The minimum Gasteiger partial charge on any atom is -0.459 e. The van der Waals surface area contributed by atoms with E-state index < -0.39 is 53.5 Å². The Morgan fingerprint density at radius 2 is 1.35 bits per heavy atom. The van der Waals surface area contributed by atoms with Crippen molar-refractivity contribution < 1.29 is 38.2 Å². The Bertz CT molecular complexity index is 1840. The fourth-order valence-electron chi connectivity index (χ4n) is 5.38. The molecule has 0 aliphatic carbocycles. The molecule has 0 bridgehead atoms. The van der Waals surface area contributed by atoms with E-state index in [1.54, 1.807) is 75.5 Å². The van der Waals surface area contributed by atoms with Crippen LogP contribution in [0.2, 0.25) is 0 Å². The van der Waals surface area contributed by atoms with Crippen molar-refractivity contribution in [3.8, 4) is 0 Å². The minimum absolute atomic E-state index is 0.0237. The number of alkyl carbamates (subject to hydrolysis) is 1. The molecule has 0 fully saturated rings. The normalized spacial score (nSPS) is 12.9. The first-order valence-electron chi connectivity index (χ1n) is 16.5. The van der Waals surface area contributed by atoms with Crippen molar-refractivity contribution in [2.24, 2.45) is 5.73 Å². The molecule has 0 spiro atoms. The third-order valence-electron chi connectivity index (χ3n) is 7.79. The molecular weight excluding hydrogens is 654 g/mol. The molecule has 5 N–H and O–H groups in total. The van der Waals surface area contributed by atoms with Gasteiger partial charge in [0.2, 0.25) is 24.1 Å². The van der Waals surface area contributed by atoms with E-state index >= 15 is 0 Å². The summed E-state index contributed by atoms with van der Waals surface area (Å²) in [7, 11) is 0. The molecule has 0 unspecified atom stereocenters. The second-order valence-electron chi connectivity index (χ2n) is 13.0. The number of amides is 4. The highest BCUT2D eigenvalue weighted by molar-refractivity contribution is 5.95. The molecule has 0 aliphatic rings. The Morgan fingerprint density at radius 3 is 1.98 bits per heavy atom. The summed E-state index contributed by atoms with van der Waals surface area (Å²) >= 11 is 0. The Kier molecular flexibility index (Phi) is 13.1. The van der Waals surface area contributed by atoms with Crippen molar-refractivity contribution in [1.82, 2.24) is 20.5 Å². The van der Waals surface area contributed by atoms with E-state index in [0.29, 0.717) is 22.9 Å². The van der Waals surface area contributed by atoms with Gasteiger partial charge in [-0.25, -0.2) is 9.59 Å². The number of fused-ring (bicyclic) bond motifs is 1. The summed E-state index contributed by atoms with van der Waals surface area (Å²) in [6.07, 6.45) is 0.835. The number of hydrogen-bond acceptors (Lipinski definition) is 8. The number of rotatable bonds is 16. The highest BCUT2D eigenvalue weighted by atomic mass is 16.6. The maximum Gasteiger partial charge on any atom is 0.408 e. The van der Waals surface area contributed by atoms with Crippen LogP contribution in [0.3, 0.4) is 0 Å². The van der Waals surface area contributed by atoms with Crippen LogP contribution in [0.4, 0.5) is 4.79 Å². The van der Waals surface area contributed by atoms with Crippen LogP contribution in [0.25, 0.3) is 10.9 Å². The number of ether oxygens (including phenoxy) is 2. The van der Waals surface area contributed by atoms with Gasteiger partial charge in [-0.3, -0.25) is 23.7 Å². The van der Waals surface area contributed by atoms with Gasteiger partial charge in [0.05, 0.1) is 5.52 Å². The second-order valence-corrected chi connectivity index (χ2v) is 13.0. The van der Waals surface area contributed by atoms with E-state index in [1.807, 2.05) is 36.4 Å². The monoisotopic (exact) mass is 697 g/mol. The van der Waals surface area contributed by atoms with Crippen molar-refractivity contribution in [3.05, 3.63) is 108 Å². The fraction of sp³-hybridized carbons (Fsp3) is 0.316. The van der Waals surface area contributed by atoms with Gasteiger partial charge in [-0.1, -0.05) is 78.9 Å². The van der Waals surface area contributed by atoms with Gasteiger partial charge in [-0.15, -0.1) is 0 Å². The average Bonchev–Trinajstić information content (AvgIpc) is 3.45. The van der Waals surface area contributed by atoms with Crippen LogP contribution in [-0.4, -0.2) is 64.5 Å². The molecule has 13 heteroatoms. The zero-order chi connectivity index (χ0) is 37.0. The van der Waals surface area contributed by atoms with Crippen LogP contribution in [-0.2, 0) is 52.9 Å². The number of benzene rings is 3. The average molecular weight is 698 g/mol. The Labute approximate surface area is 295 Å². The van der Waals surface area contributed by atoms with Crippen LogP contribution in [0.15, 0.2) is 91.1 Å². The van der Waals surface area contributed by atoms with Crippen molar-refractivity contribution in [2.45, 2.75) is 76.8 Å². The molecule has 3 aromatic carbocycles. The smallest absolute Gasteiger partial charge is 0.408 e. The summed E-state index contributed by atoms with van der Waals surface area (Å²) in [6, 6.07) is 21.4. The van der Waals surface area contributed by atoms with Gasteiger partial charge in [0.15, 0.2) is 0 Å². The zero-order valence-corrected chi connectivity index (χ0v) is 28.8. The lowest BCUT2D eigenvalue weighted by atomic mass is 10.0. The Balaban J connectivity index is 1.65. The maximum absolute atomic E-state index is 14.2. The first kappa shape index (κ1) is 37.8. The van der Waals surface area contributed by atoms with Crippen molar-refractivity contribution in [3.63, 3.8) is 0 Å². The van der Waals surface area contributed by atoms with Gasteiger partial charge in [0.25, 0.3) is 0 Å². The lowest BCUT2D eigenvalue weighted by Crippen LogP contribution is -2.57. The molecule has 268 valence electrons. The molecule has 0 radical (unpaired) electrons. The number of hydrogen-bond donors (Lipinski definition) is 4. The molecule has 13 nitrogen and oxygen atoms in total. The lowest BCUT2D eigenvalue weighted by molar-refractivity contribution is -0.149. The molecule has 0 saturated heterocycles. The highest BCUT2D eigenvalue weighted by Gasteiger charge is 2.32. The Morgan fingerprint density at radius 1 is 0.765 bits per heavy atom. The summed E-state index contributed by atoms with van der Waals surface area (Å²) in [6.45, 7) is 4.93. The predicted octanol–water partition coefficient (Wildman–Crippen LogP) is 3.34. The van der Waals surface area contributed by atoms with E-state index in [9.17, 15) is 28.8 Å². The third kappa shape index (κ3) is 11.6. The van der Waals surface area contributed by atoms with Crippen molar-refractivity contribution >= 4 is 47.1 Å². The number of para-hydroxylation sites is 1. The van der Waals surface area contributed by atoms with Crippen LogP contribution >= 0.6 is 0 Å². The van der Waals surface area contributed by atoms with Crippen LogP contribution < -0.4 is 21.7 Å². The van der Waals surface area contributed by atoms with Gasteiger partial charge in [0.1, 0.15) is 30.3 Å². The summed E-state index contributed by atoms with van der Waals surface area (Å²) < 4.78 is 12.3. The number of nitrogens with zero attached hydrogens (tertiary/aromatic N) is 1. The van der Waals surface area contributed by atoms with Crippen LogP contribution in [0.5, 0.6) is 0 Å². The van der Waals surface area contributed by atoms with Crippen LogP contribution in [0, 0.1) is 0 Å². The molecule has 51 heavy (non-hydrogen) atoms. The van der Waals surface area contributed by atoms with Crippen molar-refractivity contribution in [1.29, 1.82) is 0 Å². The quantitative estimate of drug-likeness (QED) is 0.101. The SMILES string of the molecule is CC(C)(C)OC(=O)N[C@H](CCC(N)=O)C(=O)N[C@H](Cc1cn(C=O)c2ccccc12)C(=O)N[C@@H](Cc1ccccc1)C(=O)OCc1ccccc1. The number of nitrogens with one attached hydrogen (secondary N) is 3. The van der Waals surface area contributed by atoms with Gasteiger partial charge in [-0.05, 0) is 49.9 Å². The number of carbonyl (C=O) groups is 6. The molecule has 4 amide bonds. The summed E-state index contributed by atoms with van der Waals surface area (Å²) in [4.78, 5) is 77.7. The Hall–Kier alpha value is -5.98. The molecule has 0 aliphatic heterocycles. The standard InChI is InChI=1S/C38H43N5O8/c1-38(2,3)51-37(49)42-29(18-19-33(39)45)34(46)40-30(21-27-22-43(24-44)32-17-11-10-16-28(27)32)35(47)41-31(20-25-12-6-4-7-13-25)36(48)50-23-26-14-8-5-9-15-26/h4-17,22,24,29-31H,18-21,23H2,1-3H3,(H2,39,45)(H,40,46)(H,41,47)(H,42,49)/t29-,30-,31+/m1/s1. The summed E-state index contributed by atoms with van der Waals surface area (Å²) in [5.41, 5.74) is 7.12. The number of primary amides is 1. The van der Waals surface area contributed by atoms with E-state index in [1.165, 1.54) is 4.57 Å². The number of esters is 1. The van der Waals surface area contributed by atoms with Gasteiger partial charge in [0, 0.05) is 30.8 Å². The highest BCUT2D eigenvalue weighted by Crippen LogP contribution is 2.22. The molecule has 4 rings (SSSR count). The fourth-order valence-corrected chi connectivity index (χ4v) is 5.38. The number of nitrogens with two attached hydrogens (primary N) is 1. The largest absolute Gasteiger partial charge is 0.459 e. The third-order valence-corrected chi connectivity index (χ3v) is 7.79. The van der Waals surface area contributed by atoms with Crippen LogP contribution in [0.1, 0.15) is 50.3 Å². The number of aromatic nitrogens is 1. The van der Waals surface area contributed by atoms with Gasteiger partial charge in [-0.2, -0.15) is 0 Å². The minimum atomic E-state index is -1.32. The summed E-state index contributed by atoms with van der Waals surface area (Å²) in [5.74, 6) is -2.92. The van der Waals surface area contributed by atoms with E-state index in [4.69, 9.17) is 15.2 Å². The molecule has 1 aromatic heterocycles. The van der Waals surface area contributed by atoms with Gasteiger partial charge >= 0.3 is 12.1 Å².